The van der Waals surface area contributed by atoms with Gasteiger partial charge in [0.2, 0.25) is 10.0 Å². The van der Waals surface area contributed by atoms with Crippen molar-refractivity contribution in [2.75, 3.05) is 0 Å². The van der Waals surface area contributed by atoms with Crippen LogP contribution in [0.5, 0.6) is 5.75 Å². The summed E-state index contributed by atoms with van der Waals surface area (Å²) in [5, 5.41) is 0.680. The molecule has 1 atom stereocenters. The minimum atomic E-state index is -3.95. The predicted molar refractivity (Wildman–Crippen MR) is 138 cm³/mol. The van der Waals surface area contributed by atoms with Crippen LogP contribution < -0.4 is 15.1 Å². The van der Waals surface area contributed by atoms with Crippen molar-refractivity contribution in [1.29, 1.82) is 0 Å². The second-order valence-corrected chi connectivity index (χ2v) is 10.8. The smallest absolute Gasteiger partial charge is 0.336 e. The van der Waals surface area contributed by atoms with Gasteiger partial charge in [-0.15, -0.1) is 0 Å². The van der Waals surface area contributed by atoms with E-state index in [2.05, 4.69) is 4.72 Å². The molecule has 4 aromatic rings. The van der Waals surface area contributed by atoms with E-state index >= 15 is 0 Å². The van der Waals surface area contributed by atoms with Gasteiger partial charge in [-0.2, -0.15) is 4.72 Å². The quantitative estimate of drug-likeness (QED) is 0.204. The predicted octanol–water partition coefficient (Wildman–Crippen LogP) is 5.07. The van der Waals surface area contributed by atoms with Crippen LogP contribution in [-0.2, 0) is 14.8 Å². The first kappa shape index (κ1) is 25.3. The summed E-state index contributed by atoms with van der Waals surface area (Å²) in [6.45, 7) is 5.63. The lowest BCUT2D eigenvalue weighted by atomic mass is 10.0. The van der Waals surface area contributed by atoms with Gasteiger partial charge in [-0.1, -0.05) is 61.9 Å². The number of aryl methyl sites for hydroxylation is 1. The van der Waals surface area contributed by atoms with Crippen molar-refractivity contribution >= 4 is 27.0 Å². The Hall–Kier alpha value is -3.75. The molecule has 0 amide bonds. The fraction of sp³-hybridized carbons (Fsp3) is 0.214. The molecule has 0 spiro atoms. The van der Waals surface area contributed by atoms with Gasteiger partial charge in [-0.3, -0.25) is 0 Å². The average Bonchev–Trinajstić information content (AvgIpc) is 2.83. The maximum atomic E-state index is 13.1. The van der Waals surface area contributed by atoms with Gasteiger partial charge in [0.15, 0.2) is 0 Å². The van der Waals surface area contributed by atoms with E-state index in [1.807, 2.05) is 51.1 Å². The molecular formula is C28H27NO6S. The summed E-state index contributed by atoms with van der Waals surface area (Å²) < 4.78 is 39.2. The van der Waals surface area contributed by atoms with E-state index in [9.17, 15) is 18.0 Å². The highest BCUT2D eigenvalue weighted by atomic mass is 32.2. The fourth-order valence-corrected chi connectivity index (χ4v) is 5.08. The molecule has 0 bridgehead atoms. The Labute approximate surface area is 209 Å². The third-order valence-corrected chi connectivity index (χ3v) is 7.13. The Morgan fingerprint density at radius 1 is 0.972 bits per heavy atom. The van der Waals surface area contributed by atoms with E-state index in [0.29, 0.717) is 10.9 Å². The molecule has 0 unspecified atom stereocenters. The minimum Gasteiger partial charge on any atom is -0.425 e. The maximum absolute atomic E-state index is 13.1. The van der Waals surface area contributed by atoms with Crippen molar-refractivity contribution in [2.24, 2.45) is 5.92 Å². The molecule has 0 aliphatic rings. The Morgan fingerprint density at radius 3 is 2.33 bits per heavy atom. The molecule has 1 N–H and O–H groups in total. The third kappa shape index (κ3) is 5.90. The Morgan fingerprint density at radius 2 is 1.67 bits per heavy atom. The fourth-order valence-electron chi connectivity index (χ4n) is 3.89. The van der Waals surface area contributed by atoms with Gasteiger partial charge in [0.1, 0.15) is 17.4 Å². The summed E-state index contributed by atoms with van der Waals surface area (Å²) in [5.41, 5.74) is 2.19. The maximum Gasteiger partial charge on any atom is 0.336 e. The van der Waals surface area contributed by atoms with Crippen molar-refractivity contribution in [2.45, 2.75) is 38.1 Å². The number of hydrogen-bond donors (Lipinski definition) is 1. The highest BCUT2D eigenvalue weighted by molar-refractivity contribution is 7.89. The number of fused-ring (bicyclic) bond motifs is 1. The van der Waals surface area contributed by atoms with Gasteiger partial charge < -0.3 is 9.15 Å². The molecule has 0 radical (unpaired) electrons. The van der Waals surface area contributed by atoms with Gasteiger partial charge in [-0.25, -0.2) is 18.0 Å². The Bertz CT molecular complexity index is 1540. The second-order valence-electron chi connectivity index (χ2n) is 9.04. The van der Waals surface area contributed by atoms with Gasteiger partial charge >= 0.3 is 11.6 Å². The summed E-state index contributed by atoms with van der Waals surface area (Å²) in [6.07, 6.45) is 0.241. The molecule has 8 heteroatoms. The van der Waals surface area contributed by atoms with Crippen LogP contribution >= 0.6 is 0 Å². The SMILES string of the molecule is Cc1ccc(S(=O)(=O)N[C@H](CC(C)C)C(=O)Oc2ccc3c(-c4ccccc4)cc(=O)oc3c2)cc1. The first-order valence-corrected chi connectivity index (χ1v) is 13.0. The number of ether oxygens (including phenoxy) is 1. The second kappa shape index (κ2) is 10.5. The molecule has 0 saturated carbocycles. The lowest BCUT2D eigenvalue weighted by Gasteiger charge is -2.19. The molecule has 1 aromatic heterocycles. The zero-order valence-electron chi connectivity index (χ0n) is 20.2. The van der Waals surface area contributed by atoms with E-state index in [1.165, 1.54) is 24.3 Å². The van der Waals surface area contributed by atoms with Crippen molar-refractivity contribution in [3.63, 3.8) is 0 Å². The number of hydrogen-bond acceptors (Lipinski definition) is 6. The van der Waals surface area contributed by atoms with E-state index in [4.69, 9.17) is 9.15 Å². The largest absolute Gasteiger partial charge is 0.425 e. The van der Waals surface area contributed by atoms with Crippen LogP contribution in [0, 0.1) is 12.8 Å². The first-order chi connectivity index (χ1) is 17.1. The molecule has 3 aromatic carbocycles. The number of benzene rings is 3. The molecule has 1 heterocycles. The molecule has 0 saturated heterocycles. The van der Waals surface area contributed by atoms with E-state index in [-0.39, 0.29) is 28.6 Å². The van der Waals surface area contributed by atoms with E-state index in [1.54, 1.807) is 24.3 Å². The topological polar surface area (TPSA) is 103 Å². The van der Waals surface area contributed by atoms with Crippen LogP contribution in [0.15, 0.2) is 93.0 Å². The van der Waals surface area contributed by atoms with Crippen LogP contribution in [0.1, 0.15) is 25.8 Å². The summed E-state index contributed by atoms with van der Waals surface area (Å²) in [6, 6.07) is 20.8. The van der Waals surface area contributed by atoms with E-state index in [0.717, 1.165) is 11.1 Å². The molecule has 186 valence electrons. The molecule has 0 fully saturated rings. The number of esters is 1. The number of carbonyl (C=O) groups excluding carboxylic acids is 1. The summed E-state index contributed by atoms with van der Waals surface area (Å²) in [7, 11) is -3.95. The van der Waals surface area contributed by atoms with E-state index < -0.39 is 27.7 Å². The van der Waals surface area contributed by atoms with Gasteiger partial charge in [0.05, 0.1) is 4.90 Å². The molecule has 0 aliphatic carbocycles. The average molecular weight is 506 g/mol. The normalized spacial score (nSPS) is 12.6. The van der Waals surface area contributed by atoms with Gasteiger partial charge in [0.25, 0.3) is 0 Å². The zero-order valence-corrected chi connectivity index (χ0v) is 21.0. The van der Waals surface area contributed by atoms with Gasteiger partial charge in [-0.05, 0) is 54.7 Å². The molecule has 4 rings (SSSR count). The molecule has 36 heavy (non-hydrogen) atoms. The number of rotatable bonds is 8. The lowest BCUT2D eigenvalue weighted by Crippen LogP contribution is -2.43. The van der Waals surface area contributed by atoms with Crippen LogP contribution in [-0.4, -0.2) is 20.4 Å². The van der Waals surface area contributed by atoms with Crippen LogP contribution in [0.3, 0.4) is 0 Å². The Kier molecular flexibility index (Phi) is 7.37. The molecule has 7 nitrogen and oxygen atoms in total. The van der Waals surface area contributed by atoms with Crippen molar-refractivity contribution in [3.05, 3.63) is 94.8 Å². The monoisotopic (exact) mass is 505 g/mol. The third-order valence-electron chi connectivity index (χ3n) is 5.64. The summed E-state index contributed by atoms with van der Waals surface area (Å²) in [5.74, 6) is -0.587. The molecular weight excluding hydrogens is 478 g/mol. The first-order valence-electron chi connectivity index (χ1n) is 11.6. The lowest BCUT2D eigenvalue weighted by molar-refractivity contribution is -0.136. The highest BCUT2D eigenvalue weighted by Gasteiger charge is 2.28. The standard InChI is InChI=1S/C28H27NO6S/c1-18(2)15-25(29-36(32,33)22-12-9-19(3)10-13-22)28(31)34-21-11-14-23-24(20-7-5-4-6-8-20)17-27(30)35-26(23)16-21/h4-14,16-18,25,29H,15H2,1-3H3/t25-/m1/s1. The van der Waals surface area contributed by atoms with Crippen molar-refractivity contribution in [1.82, 2.24) is 4.72 Å². The van der Waals surface area contributed by atoms with Crippen LogP contribution in [0.2, 0.25) is 0 Å². The molecule has 0 aliphatic heterocycles. The van der Waals surface area contributed by atoms with Crippen molar-refractivity contribution in [3.8, 4) is 16.9 Å². The minimum absolute atomic E-state index is 0.0197. The van der Waals surface area contributed by atoms with Crippen LogP contribution in [0.4, 0.5) is 0 Å². The Balaban J connectivity index is 1.61. The summed E-state index contributed by atoms with van der Waals surface area (Å²) in [4.78, 5) is 25.3. The van der Waals surface area contributed by atoms with Crippen LogP contribution in [0.25, 0.3) is 22.1 Å². The highest BCUT2D eigenvalue weighted by Crippen LogP contribution is 2.30. The number of carbonyl (C=O) groups is 1. The zero-order chi connectivity index (χ0) is 25.9. The van der Waals surface area contributed by atoms with Gasteiger partial charge in [0, 0.05) is 17.5 Å². The number of nitrogens with one attached hydrogen (secondary N) is 1. The number of sulfonamides is 1. The summed E-state index contributed by atoms with van der Waals surface area (Å²) >= 11 is 0. The van der Waals surface area contributed by atoms with Crippen molar-refractivity contribution < 1.29 is 22.4 Å².